The minimum atomic E-state index is 0. The largest absolute Gasteiger partial charge is 2.00 e. The quantitative estimate of drug-likeness (QED) is 0.540. The van der Waals surface area contributed by atoms with Gasteiger partial charge in [0.15, 0.2) is 0 Å². The Bertz CT molecular complexity index is 649. The molecule has 0 saturated heterocycles. The van der Waals surface area contributed by atoms with Gasteiger partial charge in [-0.2, -0.15) is 23.8 Å². The van der Waals surface area contributed by atoms with E-state index in [4.69, 9.17) is 0 Å². The van der Waals surface area contributed by atoms with Crippen molar-refractivity contribution in [2.75, 3.05) is 0 Å². The molecule has 0 aromatic heterocycles. The zero-order valence-electron chi connectivity index (χ0n) is 11.7. The minimum absolute atomic E-state index is 0. The van der Waals surface area contributed by atoms with Crippen molar-refractivity contribution in [3.05, 3.63) is 108 Å². The van der Waals surface area contributed by atoms with E-state index in [9.17, 15) is 0 Å². The summed E-state index contributed by atoms with van der Waals surface area (Å²) in [7, 11) is 0. The molecule has 0 fully saturated rings. The van der Waals surface area contributed by atoms with E-state index in [1.165, 1.54) is 16.7 Å². The van der Waals surface area contributed by atoms with Gasteiger partial charge >= 0.3 is 26.2 Å². The summed E-state index contributed by atoms with van der Waals surface area (Å²) in [5.41, 5.74) is 3.98. The van der Waals surface area contributed by atoms with Gasteiger partial charge in [-0.3, -0.25) is 6.08 Å². The SMILES string of the molecule is [C-]1=Cc2ccccc2C1c1ccccc1.[Zr+2].c1cc[cH-]c1. The molecule has 0 nitrogen and oxygen atoms in total. The van der Waals surface area contributed by atoms with E-state index in [-0.39, 0.29) is 26.2 Å². The minimum Gasteiger partial charge on any atom is -0.264 e. The molecule has 0 spiro atoms. The number of rotatable bonds is 1. The fourth-order valence-corrected chi connectivity index (χ4v) is 2.41. The molecule has 1 aliphatic rings. The second-order valence-electron chi connectivity index (χ2n) is 4.75. The van der Waals surface area contributed by atoms with Gasteiger partial charge in [-0.25, -0.2) is 18.2 Å². The molecular weight excluding hydrogens is 331 g/mol. The first-order valence-electron chi connectivity index (χ1n) is 6.85. The van der Waals surface area contributed by atoms with Gasteiger partial charge in [-0.05, 0) is 0 Å². The summed E-state index contributed by atoms with van der Waals surface area (Å²) in [5, 5.41) is 0. The maximum atomic E-state index is 3.41. The van der Waals surface area contributed by atoms with E-state index >= 15 is 0 Å². The van der Waals surface area contributed by atoms with Gasteiger partial charge in [0.1, 0.15) is 0 Å². The van der Waals surface area contributed by atoms with Crippen LogP contribution in [0.1, 0.15) is 22.6 Å². The van der Waals surface area contributed by atoms with Crippen LogP contribution in [-0.2, 0) is 26.2 Å². The van der Waals surface area contributed by atoms with Crippen molar-refractivity contribution < 1.29 is 26.2 Å². The van der Waals surface area contributed by atoms with E-state index in [1.807, 2.05) is 36.4 Å². The van der Waals surface area contributed by atoms with Crippen molar-refractivity contribution in [2.24, 2.45) is 0 Å². The summed E-state index contributed by atoms with van der Waals surface area (Å²) >= 11 is 0. The van der Waals surface area contributed by atoms with Crippen LogP contribution in [0.4, 0.5) is 0 Å². The monoisotopic (exact) mass is 346 g/mol. The molecule has 0 N–H and O–H groups in total. The first kappa shape index (κ1) is 15.8. The van der Waals surface area contributed by atoms with Crippen LogP contribution in [0.15, 0.2) is 84.9 Å². The molecule has 0 saturated carbocycles. The van der Waals surface area contributed by atoms with Crippen molar-refractivity contribution >= 4 is 6.08 Å². The fourth-order valence-electron chi connectivity index (χ4n) is 2.41. The molecule has 1 atom stereocenters. The Hall–Kier alpha value is -1.59. The second kappa shape index (κ2) is 8.00. The first-order valence-corrected chi connectivity index (χ1v) is 6.85. The molecule has 1 heteroatoms. The number of hydrogen-bond donors (Lipinski definition) is 0. The first-order chi connectivity index (χ1) is 9.95. The topological polar surface area (TPSA) is 0 Å². The van der Waals surface area contributed by atoms with Crippen molar-refractivity contribution in [3.63, 3.8) is 0 Å². The molecule has 3 aromatic rings. The van der Waals surface area contributed by atoms with Gasteiger partial charge in [0.25, 0.3) is 0 Å². The van der Waals surface area contributed by atoms with Crippen LogP contribution in [0.3, 0.4) is 0 Å². The van der Waals surface area contributed by atoms with Gasteiger partial charge in [0.2, 0.25) is 0 Å². The molecule has 0 radical (unpaired) electrons. The summed E-state index contributed by atoms with van der Waals surface area (Å²) in [6.45, 7) is 0. The third kappa shape index (κ3) is 3.96. The van der Waals surface area contributed by atoms with Crippen LogP contribution < -0.4 is 0 Å². The van der Waals surface area contributed by atoms with Gasteiger partial charge in [0, 0.05) is 0 Å². The van der Waals surface area contributed by atoms with Gasteiger partial charge in [-0.15, -0.1) is 11.6 Å². The van der Waals surface area contributed by atoms with Gasteiger partial charge in [0.05, 0.1) is 0 Å². The molecule has 0 bridgehead atoms. The molecule has 21 heavy (non-hydrogen) atoms. The van der Waals surface area contributed by atoms with Crippen LogP contribution in [0.2, 0.25) is 0 Å². The molecule has 1 aliphatic carbocycles. The summed E-state index contributed by atoms with van der Waals surface area (Å²) in [4.78, 5) is 0. The summed E-state index contributed by atoms with van der Waals surface area (Å²) in [5.74, 6) is 0.322. The summed E-state index contributed by atoms with van der Waals surface area (Å²) < 4.78 is 0. The number of hydrogen-bond acceptors (Lipinski definition) is 0. The van der Waals surface area contributed by atoms with Gasteiger partial charge < -0.3 is 0 Å². The molecule has 100 valence electrons. The number of benzene rings is 2. The third-order valence-corrected chi connectivity index (χ3v) is 3.40. The smallest absolute Gasteiger partial charge is 0.264 e. The summed E-state index contributed by atoms with van der Waals surface area (Å²) in [6.07, 6.45) is 5.50. The Morgan fingerprint density at radius 2 is 1.43 bits per heavy atom. The molecule has 3 aromatic carbocycles. The summed E-state index contributed by atoms with van der Waals surface area (Å²) in [6, 6.07) is 29.0. The van der Waals surface area contributed by atoms with Crippen LogP contribution >= 0.6 is 0 Å². The molecule has 4 rings (SSSR count). The average molecular weight is 348 g/mol. The van der Waals surface area contributed by atoms with E-state index in [2.05, 4.69) is 60.7 Å². The second-order valence-corrected chi connectivity index (χ2v) is 4.75. The molecule has 0 aliphatic heterocycles. The molecular formula is C20H16Zr. The Morgan fingerprint density at radius 1 is 0.762 bits per heavy atom. The predicted molar refractivity (Wildman–Crippen MR) is 84.5 cm³/mol. The van der Waals surface area contributed by atoms with Crippen molar-refractivity contribution in [2.45, 2.75) is 5.92 Å². The third-order valence-electron chi connectivity index (χ3n) is 3.40. The fraction of sp³-hybridized carbons (Fsp3) is 0.0500. The zero-order valence-corrected chi connectivity index (χ0v) is 14.2. The van der Waals surface area contributed by atoms with E-state index in [0.29, 0.717) is 5.92 Å². The molecule has 0 amide bonds. The molecule has 0 heterocycles. The van der Waals surface area contributed by atoms with Crippen molar-refractivity contribution in [3.8, 4) is 0 Å². The maximum absolute atomic E-state index is 3.41. The van der Waals surface area contributed by atoms with E-state index in [0.717, 1.165) is 0 Å². The predicted octanol–water partition coefficient (Wildman–Crippen LogP) is 5.05. The Morgan fingerprint density at radius 3 is 2.10 bits per heavy atom. The van der Waals surface area contributed by atoms with E-state index in [1.54, 1.807) is 0 Å². The number of allylic oxidation sites excluding steroid dienone is 1. The van der Waals surface area contributed by atoms with Crippen LogP contribution in [0.5, 0.6) is 0 Å². The standard InChI is InChI=1S/C15H11.C5H5.Zr/c1-2-6-12(7-3-1)15-11-10-13-8-4-5-9-14(13)15;1-2-4-5-3-1;/h1-10,15H;1-5H;/q2*-1;+2. The van der Waals surface area contributed by atoms with Gasteiger partial charge in [-0.1, -0.05) is 60.0 Å². The normalized spacial score (nSPS) is 14.6. The Kier molecular flexibility index (Phi) is 6.02. The zero-order chi connectivity index (χ0) is 13.6. The van der Waals surface area contributed by atoms with E-state index < -0.39 is 0 Å². The number of fused-ring (bicyclic) bond motifs is 1. The molecule has 1 unspecified atom stereocenters. The van der Waals surface area contributed by atoms with Crippen molar-refractivity contribution in [1.82, 2.24) is 0 Å². The van der Waals surface area contributed by atoms with Crippen LogP contribution in [-0.4, -0.2) is 0 Å². The Balaban J connectivity index is 0.000000231. The average Bonchev–Trinajstić information content (AvgIpc) is 3.21. The Labute approximate surface area is 145 Å². The van der Waals surface area contributed by atoms with Crippen molar-refractivity contribution in [1.29, 1.82) is 0 Å². The maximum Gasteiger partial charge on any atom is 2.00 e. The van der Waals surface area contributed by atoms with Crippen LogP contribution in [0.25, 0.3) is 6.08 Å². The van der Waals surface area contributed by atoms with Crippen LogP contribution in [0, 0.1) is 6.08 Å².